The van der Waals surface area contributed by atoms with Gasteiger partial charge in [0.05, 0.1) is 29.7 Å². The maximum absolute atomic E-state index is 11.7. The number of benzene rings is 1. The Balaban J connectivity index is 2.70. The zero-order chi connectivity index (χ0) is 12.7. The maximum atomic E-state index is 11.7. The molecule has 0 aliphatic carbocycles. The maximum Gasteiger partial charge on any atom is 0.338 e. The molecule has 1 atom stereocenters. The van der Waals surface area contributed by atoms with Crippen LogP contribution in [0.4, 0.5) is 0 Å². The summed E-state index contributed by atoms with van der Waals surface area (Å²) in [6, 6.07) is 10.1. The van der Waals surface area contributed by atoms with Crippen molar-refractivity contribution in [2.75, 3.05) is 0 Å². The Bertz CT molecular complexity index is 466. The smallest absolute Gasteiger partial charge is 0.338 e. The van der Waals surface area contributed by atoms with E-state index in [1.54, 1.807) is 24.3 Å². The molecule has 0 N–H and O–H groups in total. The molecule has 0 aromatic heterocycles. The van der Waals surface area contributed by atoms with Crippen LogP contribution in [0.1, 0.15) is 35.7 Å². The number of hydrogen-bond donors (Lipinski definition) is 0. The SMILES string of the molecule is CC[C@H](CC#N)OC(=O)c1ccc(C#N)cc1. The van der Waals surface area contributed by atoms with Crippen LogP contribution in [-0.2, 0) is 4.74 Å². The molecular formula is C13H12N2O2. The summed E-state index contributed by atoms with van der Waals surface area (Å²) in [5.74, 6) is -0.461. The summed E-state index contributed by atoms with van der Waals surface area (Å²) >= 11 is 0. The molecule has 17 heavy (non-hydrogen) atoms. The molecule has 0 spiro atoms. The van der Waals surface area contributed by atoms with Gasteiger partial charge in [0.25, 0.3) is 0 Å². The Labute approximate surface area is 100 Å². The van der Waals surface area contributed by atoms with Gasteiger partial charge in [-0.3, -0.25) is 0 Å². The zero-order valence-corrected chi connectivity index (χ0v) is 9.51. The number of esters is 1. The number of carbonyl (C=O) groups is 1. The van der Waals surface area contributed by atoms with Gasteiger partial charge in [0.15, 0.2) is 0 Å². The molecule has 0 radical (unpaired) electrons. The number of nitriles is 2. The lowest BCUT2D eigenvalue weighted by Gasteiger charge is -2.12. The van der Waals surface area contributed by atoms with Crippen LogP contribution in [0, 0.1) is 22.7 Å². The highest BCUT2D eigenvalue weighted by molar-refractivity contribution is 5.89. The van der Waals surface area contributed by atoms with Crippen molar-refractivity contribution in [1.82, 2.24) is 0 Å². The molecule has 0 fully saturated rings. The first kappa shape index (κ1) is 12.7. The largest absolute Gasteiger partial charge is 0.458 e. The van der Waals surface area contributed by atoms with Crippen molar-refractivity contribution in [2.24, 2.45) is 0 Å². The summed E-state index contributed by atoms with van der Waals surface area (Å²) < 4.78 is 5.16. The van der Waals surface area contributed by atoms with Gasteiger partial charge in [-0.15, -0.1) is 0 Å². The second-order valence-corrected chi connectivity index (χ2v) is 3.49. The molecule has 86 valence electrons. The Morgan fingerprint density at radius 2 is 2.00 bits per heavy atom. The fraction of sp³-hybridized carbons (Fsp3) is 0.308. The third-order valence-corrected chi connectivity index (χ3v) is 2.30. The van der Waals surface area contributed by atoms with E-state index in [0.29, 0.717) is 17.5 Å². The standard InChI is InChI=1S/C13H12N2O2/c1-2-12(7-8-14)17-13(16)11-5-3-10(9-15)4-6-11/h3-6,12H,2,7H2,1H3/t12-/m1/s1. The normalized spacial score (nSPS) is 11.0. The first-order valence-electron chi connectivity index (χ1n) is 5.29. The topological polar surface area (TPSA) is 73.9 Å². The highest BCUT2D eigenvalue weighted by atomic mass is 16.5. The molecule has 0 unspecified atom stereocenters. The third-order valence-electron chi connectivity index (χ3n) is 2.30. The fourth-order valence-electron chi connectivity index (χ4n) is 1.27. The number of carbonyl (C=O) groups excluding carboxylic acids is 1. The predicted molar refractivity (Wildman–Crippen MR) is 60.9 cm³/mol. The van der Waals surface area contributed by atoms with Crippen molar-refractivity contribution in [2.45, 2.75) is 25.9 Å². The van der Waals surface area contributed by atoms with Crippen LogP contribution in [0.15, 0.2) is 24.3 Å². The van der Waals surface area contributed by atoms with Gasteiger partial charge in [-0.25, -0.2) is 4.79 Å². The van der Waals surface area contributed by atoms with E-state index in [-0.39, 0.29) is 12.5 Å². The van der Waals surface area contributed by atoms with E-state index < -0.39 is 5.97 Å². The van der Waals surface area contributed by atoms with E-state index in [1.165, 1.54) is 0 Å². The van der Waals surface area contributed by atoms with E-state index in [4.69, 9.17) is 15.3 Å². The highest BCUT2D eigenvalue weighted by Gasteiger charge is 2.13. The second-order valence-electron chi connectivity index (χ2n) is 3.49. The van der Waals surface area contributed by atoms with Crippen molar-refractivity contribution in [3.8, 4) is 12.1 Å². The summed E-state index contributed by atoms with van der Waals surface area (Å²) in [4.78, 5) is 11.7. The van der Waals surface area contributed by atoms with Crippen molar-refractivity contribution in [3.05, 3.63) is 35.4 Å². The summed E-state index contributed by atoms with van der Waals surface area (Å²) in [5, 5.41) is 17.2. The second kappa shape index (κ2) is 6.30. The molecule has 0 bridgehead atoms. The van der Waals surface area contributed by atoms with Crippen LogP contribution < -0.4 is 0 Å². The van der Waals surface area contributed by atoms with Crippen molar-refractivity contribution < 1.29 is 9.53 Å². The number of nitrogens with zero attached hydrogens (tertiary/aromatic N) is 2. The molecule has 0 aliphatic heterocycles. The van der Waals surface area contributed by atoms with Crippen LogP contribution in [0.3, 0.4) is 0 Å². The molecule has 1 aromatic rings. The Morgan fingerprint density at radius 1 is 1.35 bits per heavy atom. The van der Waals surface area contributed by atoms with E-state index in [0.717, 1.165) is 0 Å². The number of hydrogen-bond acceptors (Lipinski definition) is 4. The highest BCUT2D eigenvalue weighted by Crippen LogP contribution is 2.09. The minimum atomic E-state index is -0.461. The Hall–Kier alpha value is -2.33. The molecule has 0 amide bonds. The van der Waals surface area contributed by atoms with Gasteiger partial charge in [0.1, 0.15) is 6.10 Å². The van der Waals surface area contributed by atoms with E-state index in [1.807, 2.05) is 19.1 Å². The van der Waals surface area contributed by atoms with Gasteiger partial charge >= 0.3 is 5.97 Å². The summed E-state index contributed by atoms with van der Waals surface area (Å²) in [6.45, 7) is 1.86. The lowest BCUT2D eigenvalue weighted by Crippen LogP contribution is -2.16. The van der Waals surface area contributed by atoms with Crippen molar-refractivity contribution >= 4 is 5.97 Å². The quantitative estimate of drug-likeness (QED) is 0.741. The average molecular weight is 228 g/mol. The molecule has 0 saturated carbocycles. The predicted octanol–water partition coefficient (Wildman–Crippen LogP) is 2.41. The van der Waals surface area contributed by atoms with Gasteiger partial charge in [-0.2, -0.15) is 10.5 Å². The van der Waals surface area contributed by atoms with Crippen LogP contribution in [0.25, 0.3) is 0 Å². The van der Waals surface area contributed by atoms with Gasteiger partial charge in [-0.1, -0.05) is 6.92 Å². The van der Waals surface area contributed by atoms with E-state index in [2.05, 4.69) is 0 Å². The van der Waals surface area contributed by atoms with Crippen LogP contribution in [-0.4, -0.2) is 12.1 Å². The molecule has 4 nitrogen and oxygen atoms in total. The minimum Gasteiger partial charge on any atom is -0.458 e. The lowest BCUT2D eigenvalue weighted by molar-refractivity contribution is 0.0304. The van der Waals surface area contributed by atoms with Crippen LogP contribution >= 0.6 is 0 Å². The van der Waals surface area contributed by atoms with Gasteiger partial charge in [0.2, 0.25) is 0 Å². The van der Waals surface area contributed by atoms with Gasteiger partial charge in [-0.05, 0) is 30.7 Å². The molecule has 0 aliphatic rings. The summed E-state index contributed by atoms with van der Waals surface area (Å²) in [7, 11) is 0. The lowest BCUT2D eigenvalue weighted by atomic mass is 10.1. The summed E-state index contributed by atoms with van der Waals surface area (Å²) in [5.41, 5.74) is 0.881. The third kappa shape index (κ3) is 3.62. The average Bonchev–Trinajstić information content (AvgIpc) is 2.38. The Morgan fingerprint density at radius 3 is 2.47 bits per heavy atom. The fourth-order valence-corrected chi connectivity index (χ4v) is 1.27. The van der Waals surface area contributed by atoms with Gasteiger partial charge < -0.3 is 4.74 Å². The number of rotatable bonds is 4. The first-order chi connectivity index (χ1) is 8.21. The van der Waals surface area contributed by atoms with Gasteiger partial charge in [0, 0.05) is 0 Å². The van der Waals surface area contributed by atoms with E-state index in [9.17, 15) is 4.79 Å². The molecule has 4 heteroatoms. The molecule has 0 saturated heterocycles. The zero-order valence-electron chi connectivity index (χ0n) is 9.51. The minimum absolute atomic E-state index is 0.193. The number of ether oxygens (including phenoxy) is 1. The Kier molecular flexibility index (Phi) is 4.72. The first-order valence-corrected chi connectivity index (χ1v) is 5.29. The molecule has 1 rings (SSSR count). The van der Waals surface area contributed by atoms with Crippen molar-refractivity contribution in [3.63, 3.8) is 0 Å². The van der Waals surface area contributed by atoms with Crippen molar-refractivity contribution in [1.29, 1.82) is 10.5 Å². The van der Waals surface area contributed by atoms with Crippen LogP contribution in [0.2, 0.25) is 0 Å². The van der Waals surface area contributed by atoms with Crippen LogP contribution in [0.5, 0.6) is 0 Å². The van der Waals surface area contributed by atoms with E-state index >= 15 is 0 Å². The molecule has 1 aromatic carbocycles. The molecular weight excluding hydrogens is 216 g/mol. The molecule has 0 heterocycles. The monoisotopic (exact) mass is 228 g/mol. The summed E-state index contributed by atoms with van der Waals surface area (Å²) in [6.07, 6.45) is 0.428.